The van der Waals surface area contributed by atoms with E-state index in [9.17, 15) is 0 Å². The molecule has 5 nitrogen and oxygen atoms in total. The van der Waals surface area contributed by atoms with Crippen LogP contribution in [-0.2, 0) is 9.59 Å². The second kappa shape index (κ2) is 22.5. The molecule has 0 aromatic heterocycles. The predicted molar refractivity (Wildman–Crippen MR) is 25.0 cm³/mol. The van der Waals surface area contributed by atoms with Crippen molar-refractivity contribution in [1.29, 1.82) is 0 Å². The molecule has 0 bridgehead atoms. The summed E-state index contributed by atoms with van der Waals surface area (Å²) in [6.07, 6.45) is 0. The maximum atomic E-state index is 8.89. The standard InChI is InChI=1S/2C2H4O2.2Li.H2O/c2*1-2(3)4;;;/h2*1H3,(H,3,4);;;1H2/q;;2*+1;/p-2. The molecule has 0 saturated carbocycles. The minimum absolute atomic E-state index is 0. The second-order valence-electron chi connectivity index (χ2n) is 0.983. The molecule has 0 fully saturated rings. The fraction of sp³-hybridized carbons (Fsp3) is 0.500. The van der Waals surface area contributed by atoms with Crippen molar-refractivity contribution in [3.63, 3.8) is 0 Å². The third kappa shape index (κ3) is 73600. The van der Waals surface area contributed by atoms with E-state index < -0.39 is 11.9 Å². The first-order valence-electron chi connectivity index (χ1n) is 1.82. The Morgan fingerprint density at radius 1 is 0.909 bits per heavy atom. The fourth-order valence-electron chi connectivity index (χ4n) is 0. The van der Waals surface area contributed by atoms with Crippen molar-refractivity contribution in [3.8, 4) is 0 Å². The van der Waals surface area contributed by atoms with E-state index in [0.717, 1.165) is 13.8 Å². The Bertz CT molecular complexity index is 74.5. The zero-order chi connectivity index (χ0) is 7.15. The molecule has 0 aliphatic rings. The van der Waals surface area contributed by atoms with Gasteiger partial charge < -0.3 is 25.3 Å². The van der Waals surface area contributed by atoms with Crippen molar-refractivity contribution in [2.45, 2.75) is 13.8 Å². The summed E-state index contributed by atoms with van der Waals surface area (Å²) in [5.41, 5.74) is 0. The first-order valence-corrected chi connectivity index (χ1v) is 1.82. The van der Waals surface area contributed by atoms with Gasteiger partial charge in [-0.2, -0.15) is 0 Å². The normalized spacial score (nSPS) is 4.55. The number of carboxylic acids is 2. The zero-order valence-electron chi connectivity index (χ0n) is 7.13. The smallest absolute Gasteiger partial charge is 0.550 e. The molecule has 0 radical (unpaired) electrons. The van der Waals surface area contributed by atoms with Gasteiger partial charge >= 0.3 is 37.7 Å². The molecule has 0 spiro atoms. The van der Waals surface area contributed by atoms with E-state index in [4.69, 9.17) is 19.8 Å². The van der Waals surface area contributed by atoms with Gasteiger partial charge in [0.15, 0.2) is 0 Å². The molecule has 0 amide bonds. The molecule has 11 heavy (non-hydrogen) atoms. The molecule has 0 saturated heterocycles. The van der Waals surface area contributed by atoms with E-state index in [0.29, 0.717) is 0 Å². The molecule has 0 aromatic rings. The Morgan fingerprint density at radius 3 is 0.909 bits per heavy atom. The minimum atomic E-state index is -1.08. The third-order valence-electron chi connectivity index (χ3n) is 0. The summed E-state index contributed by atoms with van der Waals surface area (Å²) < 4.78 is 0. The molecule has 0 rings (SSSR count). The molecular formula is C4H8Li2O5. The van der Waals surface area contributed by atoms with Gasteiger partial charge in [-0.05, 0) is 13.8 Å². The molecule has 0 unspecified atom stereocenters. The number of carbonyl (C=O) groups excluding carboxylic acids is 2. The Labute approximate surface area is 88.8 Å². The summed E-state index contributed by atoms with van der Waals surface area (Å²) in [7, 11) is 0. The monoisotopic (exact) mass is 150 g/mol. The van der Waals surface area contributed by atoms with E-state index in [1.54, 1.807) is 0 Å². The van der Waals surface area contributed by atoms with Crippen LogP contribution in [-0.4, -0.2) is 17.4 Å². The topological polar surface area (TPSA) is 112 Å². The van der Waals surface area contributed by atoms with Crippen LogP contribution in [0.25, 0.3) is 0 Å². The number of carbonyl (C=O) groups is 2. The summed E-state index contributed by atoms with van der Waals surface area (Å²) in [5.74, 6) is -2.17. The van der Waals surface area contributed by atoms with E-state index in [2.05, 4.69) is 0 Å². The second-order valence-corrected chi connectivity index (χ2v) is 0.983. The maximum Gasteiger partial charge on any atom is 1.00 e. The largest absolute Gasteiger partial charge is 1.00 e. The molecule has 7 heteroatoms. The Morgan fingerprint density at radius 2 is 0.909 bits per heavy atom. The Hall–Kier alpha value is 0.0948. The molecule has 0 heterocycles. The summed E-state index contributed by atoms with van der Waals surface area (Å²) in [6.45, 7) is 1.94. The molecule has 0 aliphatic carbocycles. The third-order valence-corrected chi connectivity index (χ3v) is 0. The quantitative estimate of drug-likeness (QED) is 0.319. The van der Waals surface area contributed by atoms with Crippen molar-refractivity contribution in [2.24, 2.45) is 0 Å². The van der Waals surface area contributed by atoms with Crippen molar-refractivity contribution >= 4 is 11.9 Å². The average Bonchev–Trinajstić information content (AvgIpc) is 1.25. The number of carboxylic acid groups (broad SMARTS) is 2. The van der Waals surface area contributed by atoms with Crippen molar-refractivity contribution in [2.75, 3.05) is 0 Å². The molecule has 0 aliphatic heterocycles. The molecule has 0 aromatic carbocycles. The van der Waals surface area contributed by atoms with E-state index in [1.807, 2.05) is 0 Å². The molecule has 2 N–H and O–H groups in total. The van der Waals surface area contributed by atoms with Crippen LogP contribution < -0.4 is 47.9 Å². The predicted octanol–water partition coefficient (Wildman–Crippen LogP) is -9.30. The summed E-state index contributed by atoms with van der Waals surface area (Å²) in [5, 5.41) is 17.8. The van der Waals surface area contributed by atoms with E-state index >= 15 is 0 Å². The Balaban J connectivity index is -0.0000000171. The van der Waals surface area contributed by atoms with Crippen LogP contribution in [0.1, 0.15) is 13.8 Å². The number of rotatable bonds is 0. The van der Waals surface area contributed by atoms with Crippen LogP contribution in [0.3, 0.4) is 0 Å². The van der Waals surface area contributed by atoms with E-state index in [1.165, 1.54) is 0 Å². The molecule has 0 atom stereocenters. The molecular weight excluding hydrogens is 142 g/mol. The van der Waals surface area contributed by atoms with E-state index in [-0.39, 0.29) is 43.2 Å². The van der Waals surface area contributed by atoms with Gasteiger partial charge in [-0.25, -0.2) is 0 Å². The van der Waals surface area contributed by atoms with Crippen LogP contribution in [0.2, 0.25) is 0 Å². The van der Waals surface area contributed by atoms with Gasteiger partial charge in [0.2, 0.25) is 0 Å². The van der Waals surface area contributed by atoms with Gasteiger partial charge in [0.25, 0.3) is 0 Å². The summed E-state index contributed by atoms with van der Waals surface area (Å²) in [4.78, 5) is 17.8. The SMILES string of the molecule is CC(=O)[O-].CC(=O)[O-].O.[Li+].[Li+]. The van der Waals surface area contributed by atoms with Crippen molar-refractivity contribution in [1.82, 2.24) is 0 Å². The van der Waals surface area contributed by atoms with Crippen LogP contribution in [0.4, 0.5) is 0 Å². The summed E-state index contributed by atoms with van der Waals surface area (Å²) >= 11 is 0. The number of hydrogen-bond acceptors (Lipinski definition) is 4. The van der Waals surface area contributed by atoms with Gasteiger partial charge in [0.05, 0.1) is 0 Å². The zero-order valence-corrected chi connectivity index (χ0v) is 7.13. The van der Waals surface area contributed by atoms with Gasteiger partial charge in [0.1, 0.15) is 0 Å². The summed E-state index contributed by atoms with van der Waals surface area (Å²) in [6, 6.07) is 0. The van der Waals surface area contributed by atoms with Crippen LogP contribution in [0.5, 0.6) is 0 Å². The van der Waals surface area contributed by atoms with Crippen molar-refractivity contribution in [3.05, 3.63) is 0 Å². The van der Waals surface area contributed by atoms with Gasteiger partial charge in [-0.15, -0.1) is 0 Å². The number of hydrogen-bond donors (Lipinski definition) is 0. The van der Waals surface area contributed by atoms with Crippen LogP contribution in [0.15, 0.2) is 0 Å². The first kappa shape index (κ1) is 30.4. The fourth-order valence-corrected chi connectivity index (χ4v) is 0. The van der Waals surface area contributed by atoms with Gasteiger partial charge in [-0.3, -0.25) is 0 Å². The van der Waals surface area contributed by atoms with Crippen LogP contribution >= 0.6 is 0 Å². The van der Waals surface area contributed by atoms with Gasteiger partial charge in [-0.1, -0.05) is 0 Å². The van der Waals surface area contributed by atoms with Crippen LogP contribution in [0, 0.1) is 0 Å². The number of aliphatic carboxylic acids is 2. The minimum Gasteiger partial charge on any atom is -0.550 e. The average molecular weight is 150 g/mol. The maximum absolute atomic E-state index is 8.89. The van der Waals surface area contributed by atoms with Crippen molar-refractivity contribution < 1.29 is 63.0 Å². The molecule has 56 valence electrons. The van der Waals surface area contributed by atoms with Gasteiger partial charge in [0, 0.05) is 11.9 Å². The first-order chi connectivity index (χ1) is 3.46. The Kier molecular flexibility index (Phi) is 62.2.